The van der Waals surface area contributed by atoms with E-state index in [1.165, 1.54) is 10.9 Å². The lowest BCUT2D eigenvalue weighted by Gasteiger charge is -2.36. The lowest BCUT2D eigenvalue weighted by Crippen LogP contribution is -2.39. The molecule has 3 aromatic rings. The molecule has 1 saturated carbocycles. The van der Waals surface area contributed by atoms with Crippen LogP contribution in [-0.4, -0.2) is 48.7 Å². The summed E-state index contributed by atoms with van der Waals surface area (Å²) in [7, 11) is 5.34. The van der Waals surface area contributed by atoms with Gasteiger partial charge in [0.2, 0.25) is 0 Å². The number of hydrogen-bond acceptors (Lipinski definition) is 9. The molecule has 3 aromatic heterocycles. The average Bonchev–Trinajstić information content (AvgIpc) is 3.30. The van der Waals surface area contributed by atoms with Crippen molar-refractivity contribution in [3.63, 3.8) is 0 Å². The summed E-state index contributed by atoms with van der Waals surface area (Å²) in [6.07, 6.45) is 4.74. The Labute approximate surface area is 215 Å². The quantitative estimate of drug-likeness (QED) is 0.384. The third kappa shape index (κ3) is 5.03. The highest BCUT2D eigenvalue weighted by atomic mass is 16.6. The maximum absolute atomic E-state index is 13.0. The van der Waals surface area contributed by atoms with Crippen molar-refractivity contribution in [1.82, 2.24) is 24.3 Å². The maximum Gasteiger partial charge on any atom is 0.270 e. The molecule has 4 rings (SSSR count). The van der Waals surface area contributed by atoms with Gasteiger partial charge in [-0.25, -0.2) is 14.6 Å². The maximum atomic E-state index is 13.0. The van der Waals surface area contributed by atoms with E-state index in [-0.39, 0.29) is 28.8 Å². The van der Waals surface area contributed by atoms with Crippen molar-refractivity contribution in [2.45, 2.75) is 58.1 Å². The molecule has 0 radical (unpaired) electrons. The van der Waals surface area contributed by atoms with E-state index in [2.05, 4.69) is 32.4 Å². The van der Waals surface area contributed by atoms with E-state index in [1.54, 1.807) is 23.9 Å². The summed E-state index contributed by atoms with van der Waals surface area (Å²) in [5.74, 6) is 0.799. The van der Waals surface area contributed by atoms with Gasteiger partial charge in [0.1, 0.15) is 46.6 Å². The topological polar surface area (TPSA) is 138 Å². The molecule has 0 N–H and O–H groups in total. The van der Waals surface area contributed by atoms with Crippen molar-refractivity contribution in [1.29, 1.82) is 10.5 Å². The molecular weight excluding hydrogens is 470 g/mol. The third-order valence-corrected chi connectivity index (χ3v) is 6.78. The number of nitriles is 2. The highest BCUT2D eigenvalue weighted by Crippen LogP contribution is 2.35. The molecule has 1 aliphatic carbocycles. The Hall–Kier alpha value is -4.25. The molecule has 0 aliphatic heterocycles. The van der Waals surface area contributed by atoms with E-state index in [4.69, 9.17) is 4.84 Å². The molecule has 1 aliphatic rings. The first-order chi connectivity index (χ1) is 17.6. The molecular formula is C26H31N9O2. The lowest BCUT2D eigenvalue weighted by atomic mass is 9.82. The predicted molar refractivity (Wildman–Crippen MR) is 139 cm³/mol. The van der Waals surface area contributed by atoms with Crippen molar-refractivity contribution in [3.05, 3.63) is 45.9 Å². The number of rotatable bonds is 5. The minimum atomic E-state index is -0.440. The van der Waals surface area contributed by atoms with Gasteiger partial charge in [-0.05, 0) is 58.6 Å². The van der Waals surface area contributed by atoms with Gasteiger partial charge in [0, 0.05) is 33.1 Å². The average molecular weight is 502 g/mol. The van der Waals surface area contributed by atoms with E-state index >= 15 is 0 Å². The van der Waals surface area contributed by atoms with E-state index in [0.29, 0.717) is 22.5 Å². The van der Waals surface area contributed by atoms with Crippen LogP contribution in [0.5, 0.6) is 0 Å². The molecule has 11 heteroatoms. The second-order valence-corrected chi connectivity index (χ2v) is 10.4. The van der Waals surface area contributed by atoms with E-state index in [0.717, 1.165) is 31.4 Å². The molecule has 0 amide bonds. The zero-order valence-corrected chi connectivity index (χ0v) is 22.1. The Morgan fingerprint density at radius 1 is 1.16 bits per heavy atom. The summed E-state index contributed by atoms with van der Waals surface area (Å²) in [4.78, 5) is 29.7. The number of hydrogen-bond donors (Lipinski definition) is 0. The van der Waals surface area contributed by atoms with Gasteiger partial charge in [0.05, 0.1) is 11.2 Å². The van der Waals surface area contributed by atoms with Crippen molar-refractivity contribution < 1.29 is 4.84 Å². The number of oxime groups is 1. The number of anilines is 1. The highest BCUT2D eigenvalue weighted by molar-refractivity contribution is 5.99. The van der Waals surface area contributed by atoms with Gasteiger partial charge in [-0.3, -0.25) is 4.79 Å². The van der Waals surface area contributed by atoms with Crippen LogP contribution in [0.25, 0.3) is 11.0 Å². The van der Waals surface area contributed by atoms with E-state index in [1.807, 2.05) is 39.8 Å². The number of nitrogens with zero attached hydrogens (tertiary/aromatic N) is 9. The molecule has 1 fully saturated rings. The highest BCUT2D eigenvalue weighted by Gasteiger charge is 2.32. The van der Waals surface area contributed by atoms with Crippen molar-refractivity contribution in [3.8, 4) is 12.1 Å². The fourth-order valence-electron chi connectivity index (χ4n) is 4.83. The molecule has 3 heterocycles. The Balaban J connectivity index is 1.66. The van der Waals surface area contributed by atoms with Gasteiger partial charge in [0.25, 0.3) is 5.56 Å². The van der Waals surface area contributed by atoms with Crippen LogP contribution in [0.2, 0.25) is 0 Å². The second kappa shape index (κ2) is 10.0. The third-order valence-electron chi connectivity index (χ3n) is 6.78. The summed E-state index contributed by atoms with van der Waals surface area (Å²) in [6.45, 7) is 5.84. The predicted octanol–water partition coefficient (Wildman–Crippen LogP) is 3.02. The summed E-state index contributed by atoms with van der Waals surface area (Å²) in [5, 5.41) is 28.0. The molecule has 11 nitrogen and oxygen atoms in total. The normalized spacial score (nSPS) is 18.3. The summed E-state index contributed by atoms with van der Waals surface area (Å²) in [6, 6.07) is 7.49. The van der Waals surface area contributed by atoms with Crippen molar-refractivity contribution in [2.75, 3.05) is 11.9 Å². The molecule has 0 aromatic carbocycles. The van der Waals surface area contributed by atoms with Crippen LogP contribution in [-0.2, 0) is 18.9 Å². The van der Waals surface area contributed by atoms with Crippen molar-refractivity contribution >= 4 is 22.4 Å². The van der Waals surface area contributed by atoms with Crippen molar-refractivity contribution in [2.24, 2.45) is 25.2 Å². The van der Waals surface area contributed by atoms with E-state index in [9.17, 15) is 15.3 Å². The molecule has 192 valence electrons. The van der Waals surface area contributed by atoms with Crippen LogP contribution in [0.1, 0.15) is 63.5 Å². The number of fused-ring (bicyclic) bond motifs is 1. The van der Waals surface area contributed by atoms with Crippen LogP contribution in [0.15, 0.2) is 28.4 Å². The Kier molecular flexibility index (Phi) is 6.99. The van der Waals surface area contributed by atoms with Gasteiger partial charge >= 0.3 is 0 Å². The van der Waals surface area contributed by atoms with Crippen LogP contribution in [0, 0.1) is 28.6 Å². The first-order valence-electron chi connectivity index (χ1n) is 12.2. The minimum Gasteiger partial charge on any atom is -0.390 e. The fourth-order valence-corrected chi connectivity index (χ4v) is 4.83. The van der Waals surface area contributed by atoms with Gasteiger partial charge < -0.3 is 14.3 Å². The SMILES string of the molecule is CN(c1c(C#N)c(=O)n(C)c2ccc(C#N)nc12)C1CCC(/C(=N/OC(C)(C)C)c2ncnn2C)CC1. The monoisotopic (exact) mass is 501 g/mol. The minimum absolute atomic E-state index is 0.0297. The smallest absolute Gasteiger partial charge is 0.270 e. The Morgan fingerprint density at radius 3 is 2.43 bits per heavy atom. The zero-order valence-electron chi connectivity index (χ0n) is 22.1. The molecule has 0 unspecified atom stereocenters. The largest absolute Gasteiger partial charge is 0.390 e. The molecule has 0 atom stereocenters. The first kappa shape index (κ1) is 25.8. The summed E-state index contributed by atoms with van der Waals surface area (Å²) >= 11 is 0. The van der Waals surface area contributed by atoms with Gasteiger partial charge in [-0.15, -0.1) is 0 Å². The van der Waals surface area contributed by atoms with Crippen LogP contribution in [0.3, 0.4) is 0 Å². The van der Waals surface area contributed by atoms with E-state index < -0.39 is 5.60 Å². The standard InChI is InChI=1S/C26H31N9O2/c1-26(2,3)37-32-21(24-29-15-30-35(24)6)16-7-10-18(11-8-16)33(4)23-19(14-28)25(36)34(5)20-12-9-17(13-27)31-22(20)23/h9,12,15-16,18H,7-8,10-11H2,1-6H3/b32-21-. The summed E-state index contributed by atoms with van der Waals surface area (Å²) in [5.41, 5.74) is 1.74. The summed E-state index contributed by atoms with van der Waals surface area (Å²) < 4.78 is 3.11. The van der Waals surface area contributed by atoms with Gasteiger partial charge in [0.15, 0.2) is 5.82 Å². The Morgan fingerprint density at radius 2 is 1.86 bits per heavy atom. The Bertz CT molecular complexity index is 1490. The lowest BCUT2D eigenvalue weighted by molar-refractivity contribution is -0.000158. The van der Waals surface area contributed by atoms with Crippen LogP contribution >= 0.6 is 0 Å². The number of aryl methyl sites for hydroxylation is 2. The van der Waals surface area contributed by atoms with Gasteiger partial charge in [-0.2, -0.15) is 15.6 Å². The molecule has 0 bridgehead atoms. The number of pyridine rings is 2. The van der Waals surface area contributed by atoms with Gasteiger partial charge in [-0.1, -0.05) is 5.16 Å². The first-order valence-corrected chi connectivity index (χ1v) is 12.2. The zero-order chi connectivity index (χ0) is 26.9. The number of aromatic nitrogens is 5. The molecule has 0 saturated heterocycles. The van der Waals surface area contributed by atoms with Crippen LogP contribution in [0.4, 0.5) is 5.69 Å². The van der Waals surface area contributed by atoms with Crippen LogP contribution < -0.4 is 10.5 Å². The molecule has 37 heavy (non-hydrogen) atoms. The second-order valence-electron chi connectivity index (χ2n) is 10.4. The fraction of sp³-hybridized carbons (Fsp3) is 0.500. The molecule has 0 spiro atoms.